The zero-order valence-corrected chi connectivity index (χ0v) is 13.3. The molecule has 2 rings (SSSR count). The fourth-order valence-corrected chi connectivity index (χ4v) is 3.78. The van der Waals surface area contributed by atoms with E-state index in [1.807, 2.05) is 6.92 Å². The van der Waals surface area contributed by atoms with E-state index in [0.717, 1.165) is 24.8 Å². The third-order valence-electron chi connectivity index (χ3n) is 3.59. The first-order chi connectivity index (χ1) is 10.1. The van der Waals surface area contributed by atoms with Gasteiger partial charge in [0.25, 0.3) is 0 Å². The van der Waals surface area contributed by atoms with Crippen LogP contribution < -0.4 is 11.1 Å². The summed E-state index contributed by atoms with van der Waals surface area (Å²) < 4.78 is 5.13. The van der Waals surface area contributed by atoms with Crippen LogP contribution in [0.25, 0.3) is 0 Å². The van der Waals surface area contributed by atoms with E-state index in [2.05, 4.69) is 5.32 Å². The number of ether oxygens (including phenoxy) is 1. The largest absolute Gasteiger partial charge is 0.462 e. The fourth-order valence-electron chi connectivity index (χ4n) is 2.49. The summed E-state index contributed by atoms with van der Waals surface area (Å²) in [4.78, 5) is 25.4. The van der Waals surface area contributed by atoms with Gasteiger partial charge in [0.2, 0.25) is 5.91 Å². The SMILES string of the molecule is CCOC(=O)c1c(NC(=O)CC(C)CN)sc2c1CCC2. The van der Waals surface area contributed by atoms with Crippen LogP contribution in [0.15, 0.2) is 0 Å². The van der Waals surface area contributed by atoms with Crippen LogP contribution in [0.4, 0.5) is 5.00 Å². The molecule has 0 saturated carbocycles. The van der Waals surface area contributed by atoms with E-state index in [1.165, 1.54) is 16.2 Å². The maximum absolute atomic E-state index is 12.2. The average molecular weight is 310 g/mol. The van der Waals surface area contributed by atoms with Crippen molar-refractivity contribution in [2.75, 3.05) is 18.5 Å². The second-order valence-corrected chi connectivity index (χ2v) is 6.48. The number of thiophene rings is 1. The second-order valence-electron chi connectivity index (χ2n) is 5.38. The van der Waals surface area contributed by atoms with Crippen molar-refractivity contribution in [2.45, 2.75) is 39.5 Å². The predicted octanol–water partition coefficient (Wildman–Crippen LogP) is 2.34. The normalized spacial score (nSPS) is 14.6. The van der Waals surface area contributed by atoms with Gasteiger partial charge in [-0.25, -0.2) is 4.79 Å². The second kappa shape index (κ2) is 7.04. The monoisotopic (exact) mass is 310 g/mol. The molecule has 0 bridgehead atoms. The van der Waals surface area contributed by atoms with Gasteiger partial charge in [0, 0.05) is 11.3 Å². The quantitative estimate of drug-likeness (QED) is 0.790. The van der Waals surface area contributed by atoms with E-state index in [9.17, 15) is 9.59 Å². The Morgan fingerprint density at radius 1 is 1.43 bits per heavy atom. The summed E-state index contributed by atoms with van der Waals surface area (Å²) >= 11 is 1.50. The van der Waals surface area contributed by atoms with Gasteiger partial charge in [-0.15, -0.1) is 11.3 Å². The van der Waals surface area contributed by atoms with Crippen molar-refractivity contribution in [3.63, 3.8) is 0 Å². The van der Waals surface area contributed by atoms with Gasteiger partial charge in [-0.2, -0.15) is 0 Å². The van der Waals surface area contributed by atoms with Crippen LogP contribution in [0.3, 0.4) is 0 Å². The van der Waals surface area contributed by atoms with Crippen LogP contribution in [-0.2, 0) is 22.4 Å². The summed E-state index contributed by atoms with van der Waals surface area (Å²) in [6.45, 7) is 4.52. The minimum atomic E-state index is -0.334. The number of carbonyl (C=O) groups is 2. The van der Waals surface area contributed by atoms with E-state index in [1.54, 1.807) is 6.92 Å². The van der Waals surface area contributed by atoms with Crippen molar-refractivity contribution in [3.8, 4) is 0 Å². The van der Waals surface area contributed by atoms with Crippen molar-refractivity contribution in [1.82, 2.24) is 0 Å². The highest BCUT2D eigenvalue weighted by Crippen LogP contribution is 2.39. The van der Waals surface area contributed by atoms with Gasteiger partial charge < -0.3 is 15.8 Å². The number of rotatable bonds is 6. The van der Waals surface area contributed by atoms with Gasteiger partial charge in [0.05, 0.1) is 12.2 Å². The molecule has 0 aliphatic heterocycles. The molecule has 116 valence electrons. The van der Waals surface area contributed by atoms with Crippen LogP contribution in [0, 0.1) is 5.92 Å². The summed E-state index contributed by atoms with van der Waals surface area (Å²) in [6, 6.07) is 0. The lowest BCUT2D eigenvalue weighted by Crippen LogP contribution is -2.21. The maximum Gasteiger partial charge on any atom is 0.341 e. The number of nitrogens with two attached hydrogens (primary N) is 1. The van der Waals surface area contributed by atoms with Gasteiger partial charge in [-0.05, 0) is 44.2 Å². The van der Waals surface area contributed by atoms with Crippen LogP contribution in [0.1, 0.15) is 47.5 Å². The van der Waals surface area contributed by atoms with Gasteiger partial charge >= 0.3 is 5.97 Å². The molecule has 5 nitrogen and oxygen atoms in total. The molecular formula is C15H22N2O3S. The Kier molecular flexibility index (Phi) is 5.36. The van der Waals surface area contributed by atoms with E-state index in [4.69, 9.17) is 10.5 Å². The number of anilines is 1. The molecule has 1 atom stereocenters. The van der Waals surface area contributed by atoms with Crippen molar-refractivity contribution in [1.29, 1.82) is 0 Å². The topological polar surface area (TPSA) is 81.4 Å². The summed E-state index contributed by atoms with van der Waals surface area (Å²) in [5, 5.41) is 3.50. The van der Waals surface area contributed by atoms with Crippen molar-refractivity contribution >= 4 is 28.2 Å². The smallest absolute Gasteiger partial charge is 0.341 e. The molecule has 0 aromatic carbocycles. The Bertz CT molecular complexity index is 539. The molecule has 0 radical (unpaired) electrons. The van der Waals surface area contributed by atoms with E-state index in [-0.39, 0.29) is 17.8 Å². The lowest BCUT2D eigenvalue weighted by Gasteiger charge is -2.10. The van der Waals surface area contributed by atoms with Crippen LogP contribution in [0.2, 0.25) is 0 Å². The van der Waals surface area contributed by atoms with Crippen molar-refractivity contribution < 1.29 is 14.3 Å². The number of nitrogens with one attached hydrogen (secondary N) is 1. The van der Waals surface area contributed by atoms with E-state index in [0.29, 0.717) is 30.1 Å². The number of fused-ring (bicyclic) bond motifs is 1. The molecule has 6 heteroatoms. The molecule has 1 aliphatic rings. The van der Waals surface area contributed by atoms with E-state index >= 15 is 0 Å². The summed E-state index contributed by atoms with van der Waals surface area (Å²) in [6.07, 6.45) is 3.28. The van der Waals surface area contributed by atoms with Gasteiger partial charge in [0.15, 0.2) is 0 Å². The molecule has 21 heavy (non-hydrogen) atoms. The van der Waals surface area contributed by atoms with Crippen LogP contribution in [0.5, 0.6) is 0 Å². The summed E-state index contributed by atoms with van der Waals surface area (Å²) in [5.41, 5.74) is 7.15. The third-order valence-corrected chi connectivity index (χ3v) is 4.80. The Morgan fingerprint density at radius 2 is 2.19 bits per heavy atom. The predicted molar refractivity (Wildman–Crippen MR) is 83.8 cm³/mol. The summed E-state index contributed by atoms with van der Waals surface area (Å²) in [5.74, 6) is -0.305. The van der Waals surface area contributed by atoms with Crippen molar-refractivity contribution in [2.24, 2.45) is 11.7 Å². The van der Waals surface area contributed by atoms with Gasteiger partial charge in [0.1, 0.15) is 5.00 Å². The number of hydrogen-bond donors (Lipinski definition) is 2. The van der Waals surface area contributed by atoms with Crippen LogP contribution >= 0.6 is 11.3 Å². The highest BCUT2D eigenvalue weighted by atomic mass is 32.1. The van der Waals surface area contributed by atoms with Gasteiger partial charge in [-0.3, -0.25) is 4.79 Å². The molecular weight excluding hydrogens is 288 g/mol. The number of carbonyl (C=O) groups excluding carboxylic acids is 2. The number of amides is 1. The highest BCUT2D eigenvalue weighted by Gasteiger charge is 2.28. The Labute approximate surface area is 128 Å². The van der Waals surface area contributed by atoms with E-state index < -0.39 is 0 Å². The highest BCUT2D eigenvalue weighted by molar-refractivity contribution is 7.17. The number of hydrogen-bond acceptors (Lipinski definition) is 5. The minimum absolute atomic E-state index is 0.0987. The Hall–Kier alpha value is -1.40. The van der Waals surface area contributed by atoms with Crippen LogP contribution in [-0.4, -0.2) is 25.0 Å². The summed E-state index contributed by atoms with van der Waals surface area (Å²) in [7, 11) is 0. The standard InChI is InChI=1S/C15H22N2O3S/c1-3-20-15(19)13-10-5-4-6-11(10)21-14(13)17-12(18)7-9(2)8-16/h9H,3-8,16H2,1-2H3,(H,17,18). The molecule has 1 aliphatic carbocycles. The zero-order valence-electron chi connectivity index (χ0n) is 12.5. The third kappa shape index (κ3) is 3.63. The molecule has 1 unspecified atom stereocenters. The first-order valence-electron chi connectivity index (χ1n) is 7.38. The minimum Gasteiger partial charge on any atom is -0.462 e. The molecule has 1 amide bonds. The number of esters is 1. The first kappa shape index (κ1) is 16.0. The molecule has 3 N–H and O–H groups in total. The average Bonchev–Trinajstić information content (AvgIpc) is 2.98. The maximum atomic E-state index is 12.2. The lowest BCUT2D eigenvalue weighted by atomic mass is 10.1. The fraction of sp³-hybridized carbons (Fsp3) is 0.600. The van der Waals surface area contributed by atoms with Gasteiger partial charge in [-0.1, -0.05) is 6.92 Å². The molecule has 0 fully saturated rings. The molecule has 1 aromatic rings. The number of aryl methyl sites for hydroxylation is 1. The van der Waals surface area contributed by atoms with Crippen molar-refractivity contribution in [3.05, 3.63) is 16.0 Å². The Morgan fingerprint density at radius 3 is 2.86 bits per heavy atom. The molecule has 0 saturated heterocycles. The molecule has 1 aromatic heterocycles. The lowest BCUT2D eigenvalue weighted by molar-refractivity contribution is -0.116. The molecule has 0 spiro atoms. The molecule has 1 heterocycles. The Balaban J connectivity index is 2.19. The first-order valence-corrected chi connectivity index (χ1v) is 8.20. The zero-order chi connectivity index (χ0) is 15.4.